The molecule has 0 heterocycles. The molecular formula is C14H21ClN2O2. The van der Waals surface area contributed by atoms with E-state index in [1.807, 2.05) is 20.8 Å². The predicted molar refractivity (Wildman–Crippen MR) is 79.4 cm³/mol. The summed E-state index contributed by atoms with van der Waals surface area (Å²) < 4.78 is 5.55. The Morgan fingerprint density at radius 2 is 2.11 bits per heavy atom. The number of carbonyl (C=O) groups excluding carboxylic acids is 1. The van der Waals surface area contributed by atoms with Crippen molar-refractivity contribution in [2.75, 3.05) is 17.7 Å². The van der Waals surface area contributed by atoms with Crippen LogP contribution in [0.25, 0.3) is 0 Å². The molecule has 0 unspecified atom stereocenters. The minimum Gasteiger partial charge on any atom is -0.397 e. The van der Waals surface area contributed by atoms with Gasteiger partial charge in [0.25, 0.3) is 0 Å². The zero-order valence-electron chi connectivity index (χ0n) is 11.6. The van der Waals surface area contributed by atoms with E-state index in [1.165, 1.54) is 0 Å². The van der Waals surface area contributed by atoms with Crippen LogP contribution in [0.15, 0.2) is 18.2 Å². The minimum atomic E-state index is -0.166. The Hall–Kier alpha value is -1.26. The number of nitrogens with one attached hydrogen (secondary N) is 1. The summed E-state index contributed by atoms with van der Waals surface area (Å²) in [6, 6.07) is 5.03. The largest absolute Gasteiger partial charge is 0.397 e. The van der Waals surface area contributed by atoms with Gasteiger partial charge in [0, 0.05) is 18.7 Å². The maximum absolute atomic E-state index is 11.7. The highest BCUT2D eigenvalue weighted by molar-refractivity contribution is 6.33. The molecule has 106 valence electrons. The zero-order chi connectivity index (χ0) is 14.5. The lowest BCUT2D eigenvalue weighted by Crippen LogP contribution is -2.20. The lowest BCUT2D eigenvalue weighted by atomic mass is 10.2. The maximum Gasteiger partial charge on any atom is 0.224 e. The van der Waals surface area contributed by atoms with Gasteiger partial charge in [0.05, 0.1) is 16.3 Å². The van der Waals surface area contributed by atoms with E-state index in [2.05, 4.69) is 5.32 Å². The molecule has 1 rings (SSSR count). The number of carbonyl (C=O) groups is 1. The molecule has 0 aliphatic carbocycles. The van der Waals surface area contributed by atoms with Crippen LogP contribution in [0, 0.1) is 0 Å². The number of hydrogen-bond donors (Lipinski definition) is 2. The lowest BCUT2D eigenvalue weighted by molar-refractivity contribution is -0.116. The van der Waals surface area contributed by atoms with Gasteiger partial charge in [0.15, 0.2) is 0 Å². The molecule has 0 fully saturated rings. The Balaban J connectivity index is 2.33. The maximum atomic E-state index is 11.7. The van der Waals surface area contributed by atoms with Gasteiger partial charge in [-0.25, -0.2) is 0 Å². The van der Waals surface area contributed by atoms with Crippen LogP contribution in [0.2, 0.25) is 5.02 Å². The average molecular weight is 285 g/mol. The third-order valence-corrected chi connectivity index (χ3v) is 2.71. The molecule has 1 aromatic carbocycles. The van der Waals surface area contributed by atoms with Gasteiger partial charge >= 0.3 is 0 Å². The third-order valence-electron chi connectivity index (χ3n) is 2.36. The molecule has 4 nitrogen and oxygen atoms in total. The molecule has 1 aromatic rings. The van der Waals surface area contributed by atoms with Crippen molar-refractivity contribution >= 4 is 28.9 Å². The van der Waals surface area contributed by atoms with E-state index in [4.69, 9.17) is 22.1 Å². The Bertz CT molecular complexity index is 442. The molecule has 19 heavy (non-hydrogen) atoms. The number of rotatable bonds is 5. The number of nitrogens with two attached hydrogens (primary N) is 1. The highest BCUT2D eigenvalue weighted by atomic mass is 35.5. The van der Waals surface area contributed by atoms with Gasteiger partial charge in [-0.15, -0.1) is 0 Å². The fourth-order valence-electron chi connectivity index (χ4n) is 1.46. The Labute approximate surface area is 119 Å². The van der Waals surface area contributed by atoms with Crippen LogP contribution in [-0.4, -0.2) is 18.1 Å². The van der Waals surface area contributed by atoms with Crippen molar-refractivity contribution in [1.82, 2.24) is 0 Å². The number of hydrogen-bond acceptors (Lipinski definition) is 3. The number of amides is 1. The number of ether oxygens (including phenoxy) is 1. The Kier molecular flexibility index (Phi) is 5.63. The summed E-state index contributed by atoms with van der Waals surface area (Å²) in [5.74, 6) is -0.0563. The molecule has 0 aliphatic rings. The lowest BCUT2D eigenvalue weighted by Gasteiger charge is -2.19. The number of nitrogen functional groups attached to an aromatic ring is 1. The monoisotopic (exact) mass is 284 g/mol. The number of benzene rings is 1. The summed E-state index contributed by atoms with van der Waals surface area (Å²) in [5, 5.41) is 3.26. The van der Waals surface area contributed by atoms with Crippen LogP contribution in [0.5, 0.6) is 0 Å². The van der Waals surface area contributed by atoms with Crippen LogP contribution in [0.3, 0.4) is 0 Å². The van der Waals surface area contributed by atoms with Crippen molar-refractivity contribution < 1.29 is 9.53 Å². The molecule has 0 spiro atoms. The first-order valence-corrected chi connectivity index (χ1v) is 6.64. The summed E-state index contributed by atoms with van der Waals surface area (Å²) in [5.41, 5.74) is 6.61. The summed E-state index contributed by atoms with van der Waals surface area (Å²) in [7, 11) is 0. The van der Waals surface area contributed by atoms with Gasteiger partial charge < -0.3 is 15.8 Å². The van der Waals surface area contributed by atoms with Crippen LogP contribution < -0.4 is 11.1 Å². The molecule has 0 saturated heterocycles. The molecule has 0 aromatic heterocycles. The van der Waals surface area contributed by atoms with Gasteiger partial charge in [-0.05, 0) is 45.4 Å². The summed E-state index contributed by atoms with van der Waals surface area (Å²) in [6.07, 6.45) is 1.10. The standard InChI is InChI=1S/C14H21ClN2O2/c1-14(2,3)19-8-4-5-13(18)17-10-6-7-11(15)12(16)9-10/h6-7,9H,4-5,8,16H2,1-3H3,(H,17,18). The second-order valence-corrected chi connectivity index (χ2v) is 5.76. The van der Waals surface area contributed by atoms with E-state index >= 15 is 0 Å². The van der Waals surface area contributed by atoms with Crippen molar-refractivity contribution in [2.45, 2.75) is 39.2 Å². The predicted octanol–water partition coefficient (Wildman–Crippen LogP) is 3.46. The molecule has 3 N–H and O–H groups in total. The molecule has 5 heteroatoms. The molecule has 0 bridgehead atoms. The van der Waals surface area contributed by atoms with E-state index in [0.29, 0.717) is 35.8 Å². The van der Waals surface area contributed by atoms with E-state index in [9.17, 15) is 4.79 Å². The first-order chi connectivity index (χ1) is 8.78. The highest BCUT2D eigenvalue weighted by Gasteiger charge is 2.10. The van der Waals surface area contributed by atoms with E-state index in [0.717, 1.165) is 0 Å². The van der Waals surface area contributed by atoms with Crippen LogP contribution in [-0.2, 0) is 9.53 Å². The van der Waals surface area contributed by atoms with Crippen molar-refractivity contribution in [3.63, 3.8) is 0 Å². The summed E-state index contributed by atoms with van der Waals surface area (Å²) in [4.78, 5) is 11.7. The quantitative estimate of drug-likeness (QED) is 0.643. The molecule has 1 amide bonds. The third kappa shape index (κ3) is 6.45. The topological polar surface area (TPSA) is 64.3 Å². The van der Waals surface area contributed by atoms with Crippen molar-refractivity contribution in [2.24, 2.45) is 0 Å². The van der Waals surface area contributed by atoms with Gasteiger partial charge in [-0.1, -0.05) is 11.6 Å². The van der Waals surface area contributed by atoms with Gasteiger partial charge in [-0.2, -0.15) is 0 Å². The molecule has 0 saturated carbocycles. The summed E-state index contributed by atoms with van der Waals surface area (Å²) in [6.45, 7) is 6.54. The molecule has 0 aliphatic heterocycles. The molecule has 0 atom stereocenters. The first kappa shape index (κ1) is 15.8. The van der Waals surface area contributed by atoms with Crippen LogP contribution >= 0.6 is 11.6 Å². The fourth-order valence-corrected chi connectivity index (χ4v) is 1.57. The second-order valence-electron chi connectivity index (χ2n) is 5.35. The molecular weight excluding hydrogens is 264 g/mol. The normalized spacial score (nSPS) is 11.4. The summed E-state index contributed by atoms with van der Waals surface area (Å²) >= 11 is 5.81. The number of halogens is 1. The smallest absolute Gasteiger partial charge is 0.224 e. The van der Waals surface area contributed by atoms with Gasteiger partial charge in [0.1, 0.15) is 0 Å². The van der Waals surface area contributed by atoms with Crippen molar-refractivity contribution in [3.05, 3.63) is 23.2 Å². The fraction of sp³-hybridized carbons (Fsp3) is 0.500. The van der Waals surface area contributed by atoms with Crippen molar-refractivity contribution in [3.8, 4) is 0 Å². The molecule has 0 radical (unpaired) electrons. The van der Waals surface area contributed by atoms with E-state index in [-0.39, 0.29) is 11.5 Å². The second kappa shape index (κ2) is 6.78. The Morgan fingerprint density at radius 1 is 1.42 bits per heavy atom. The van der Waals surface area contributed by atoms with Gasteiger partial charge in [0.2, 0.25) is 5.91 Å². The van der Waals surface area contributed by atoms with Gasteiger partial charge in [-0.3, -0.25) is 4.79 Å². The Morgan fingerprint density at radius 3 is 2.68 bits per heavy atom. The average Bonchev–Trinajstić information content (AvgIpc) is 2.28. The number of anilines is 2. The SMILES string of the molecule is CC(C)(C)OCCCC(=O)Nc1ccc(Cl)c(N)c1. The minimum absolute atomic E-state index is 0.0563. The highest BCUT2D eigenvalue weighted by Crippen LogP contribution is 2.22. The van der Waals surface area contributed by atoms with Crippen molar-refractivity contribution in [1.29, 1.82) is 0 Å². The zero-order valence-corrected chi connectivity index (χ0v) is 12.4. The van der Waals surface area contributed by atoms with E-state index in [1.54, 1.807) is 18.2 Å². The van der Waals surface area contributed by atoms with Crippen LogP contribution in [0.1, 0.15) is 33.6 Å². The first-order valence-electron chi connectivity index (χ1n) is 6.27. The van der Waals surface area contributed by atoms with E-state index < -0.39 is 0 Å². The van der Waals surface area contributed by atoms with Crippen LogP contribution in [0.4, 0.5) is 11.4 Å².